The average Bonchev–Trinajstić information content (AvgIpc) is 3.40. The molecule has 2 saturated heterocycles. The average molecular weight is 475 g/mol. The van der Waals surface area contributed by atoms with Crippen LogP contribution in [0.25, 0.3) is 0 Å². The molecule has 8 heteroatoms. The molecular weight excluding hydrogens is 448 g/mol. The van der Waals surface area contributed by atoms with Gasteiger partial charge in [0.25, 0.3) is 5.91 Å². The summed E-state index contributed by atoms with van der Waals surface area (Å²) in [4.78, 5) is 34.6. The lowest BCUT2D eigenvalue weighted by atomic mass is 9.89. The van der Waals surface area contributed by atoms with Gasteiger partial charge in [0.2, 0.25) is 11.7 Å². The highest BCUT2D eigenvalue weighted by Crippen LogP contribution is 2.52. The maximum Gasteiger partial charge on any atom is 0.262 e. The van der Waals surface area contributed by atoms with E-state index in [4.69, 9.17) is 19.0 Å². The third kappa shape index (κ3) is 3.76. The van der Waals surface area contributed by atoms with Crippen molar-refractivity contribution >= 4 is 17.5 Å². The van der Waals surface area contributed by atoms with Crippen molar-refractivity contribution in [1.29, 1.82) is 0 Å². The lowest BCUT2D eigenvalue weighted by Crippen LogP contribution is -2.37. The van der Waals surface area contributed by atoms with Gasteiger partial charge in [0.1, 0.15) is 12.0 Å². The first-order valence-corrected chi connectivity index (χ1v) is 11.3. The van der Waals surface area contributed by atoms with Crippen LogP contribution in [0.1, 0.15) is 17.2 Å². The number of hydroxylamine groups is 1. The number of rotatable bonds is 7. The molecule has 35 heavy (non-hydrogen) atoms. The van der Waals surface area contributed by atoms with Gasteiger partial charge >= 0.3 is 0 Å². The predicted molar refractivity (Wildman–Crippen MR) is 128 cm³/mol. The summed E-state index contributed by atoms with van der Waals surface area (Å²) in [7, 11) is 4.60. The molecule has 2 fully saturated rings. The maximum atomic E-state index is 13.7. The SMILES string of the molecule is COc1ccc([C@@H]2[C@@H]3C(=O)N(Cc4ccccc4)C(=O)[C@@H]3ON2c2ccccc2)c(OC)c1OC. The number of nitrogens with zero attached hydrogens (tertiary/aromatic N) is 2. The molecule has 2 heterocycles. The van der Waals surface area contributed by atoms with Crippen molar-refractivity contribution in [2.75, 3.05) is 26.4 Å². The summed E-state index contributed by atoms with van der Waals surface area (Å²) < 4.78 is 16.8. The summed E-state index contributed by atoms with van der Waals surface area (Å²) in [5, 5.41) is 1.63. The minimum absolute atomic E-state index is 0.190. The first-order chi connectivity index (χ1) is 17.1. The summed E-state index contributed by atoms with van der Waals surface area (Å²) in [5.41, 5.74) is 2.25. The Balaban J connectivity index is 1.61. The van der Waals surface area contributed by atoms with E-state index in [1.807, 2.05) is 66.7 Å². The van der Waals surface area contributed by atoms with Crippen LogP contribution in [-0.2, 0) is 21.0 Å². The number of carbonyl (C=O) groups is 2. The van der Waals surface area contributed by atoms with E-state index in [2.05, 4.69) is 0 Å². The zero-order chi connectivity index (χ0) is 24.5. The molecule has 0 N–H and O–H groups in total. The summed E-state index contributed by atoms with van der Waals surface area (Å²) in [5.74, 6) is -0.0886. The number of hydrogen-bond donors (Lipinski definition) is 0. The van der Waals surface area contributed by atoms with E-state index >= 15 is 0 Å². The minimum atomic E-state index is -0.950. The predicted octanol–water partition coefficient (Wildman–Crippen LogP) is 3.76. The number of methoxy groups -OCH3 is 3. The Morgan fingerprint density at radius 3 is 2.06 bits per heavy atom. The third-order valence-electron chi connectivity index (χ3n) is 6.45. The van der Waals surface area contributed by atoms with Crippen LogP contribution in [0.3, 0.4) is 0 Å². The second-order valence-corrected chi connectivity index (χ2v) is 8.33. The van der Waals surface area contributed by atoms with Crippen molar-refractivity contribution in [3.63, 3.8) is 0 Å². The summed E-state index contributed by atoms with van der Waals surface area (Å²) in [6, 6.07) is 21.8. The molecule has 0 radical (unpaired) electrons. The Hall–Kier alpha value is -4.04. The Morgan fingerprint density at radius 2 is 1.43 bits per heavy atom. The highest BCUT2D eigenvalue weighted by molar-refractivity contribution is 6.07. The standard InChI is InChI=1S/C27H26N2O6/c1-32-20-15-14-19(23(33-2)24(20)34-3)22-21-25(35-29(22)18-12-8-5-9-13-18)27(31)28(26(21)30)16-17-10-6-4-7-11-17/h4-15,21-22,25H,16H2,1-3H3/t21-,22+,25+/m0/s1. The molecule has 8 nitrogen and oxygen atoms in total. The minimum Gasteiger partial charge on any atom is -0.493 e. The largest absolute Gasteiger partial charge is 0.493 e. The number of benzene rings is 3. The molecule has 0 bridgehead atoms. The number of anilines is 1. The molecular formula is C27H26N2O6. The van der Waals surface area contributed by atoms with Gasteiger partial charge in [-0.1, -0.05) is 48.5 Å². The van der Waals surface area contributed by atoms with Gasteiger partial charge < -0.3 is 14.2 Å². The maximum absolute atomic E-state index is 13.7. The van der Waals surface area contributed by atoms with Gasteiger partial charge in [-0.2, -0.15) is 0 Å². The molecule has 0 saturated carbocycles. The topological polar surface area (TPSA) is 77.5 Å². The molecule has 0 aromatic heterocycles. The highest BCUT2D eigenvalue weighted by atomic mass is 16.7. The quantitative estimate of drug-likeness (QED) is 0.483. The molecule has 0 unspecified atom stereocenters. The Kier molecular flexibility index (Phi) is 6.05. The summed E-state index contributed by atoms with van der Waals surface area (Å²) in [6.07, 6.45) is -0.950. The van der Waals surface area contributed by atoms with Crippen LogP contribution in [0.4, 0.5) is 5.69 Å². The van der Waals surface area contributed by atoms with Gasteiger partial charge in [0, 0.05) is 5.56 Å². The molecule has 5 rings (SSSR count). The molecule has 2 aliphatic heterocycles. The fourth-order valence-corrected chi connectivity index (χ4v) is 4.87. The Labute approximate surface area is 203 Å². The Bertz CT molecular complexity index is 1230. The highest BCUT2D eigenvalue weighted by Gasteiger charge is 2.60. The first kappa shape index (κ1) is 22.7. The fourth-order valence-electron chi connectivity index (χ4n) is 4.87. The zero-order valence-electron chi connectivity index (χ0n) is 19.7. The number of para-hydroxylation sites is 1. The van der Waals surface area contributed by atoms with E-state index < -0.39 is 18.1 Å². The normalized spacial score (nSPS) is 21.3. The second kappa shape index (κ2) is 9.31. The Morgan fingerprint density at radius 1 is 0.771 bits per heavy atom. The van der Waals surface area contributed by atoms with Crippen LogP contribution >= 0.6 is 0 Å². The van der Waals surface area contributed by atoms with Crippen LogP contribution in [0.2, 0.25) is 0 Å². The van der Waals surface area contributed by atoms with E-state index in [-0.39, 0.29) is 18.4 Å². The first-order valence-electron chi connectivity index (χ1n) is 11.3. The van der Waals surface area contributed by atoms with Gasteiger partial charge in [-0.15, -0.1) is 0 Å². The van der Waals surface area contributed by atoms with Crippen LogP contribution in [-0.4, -0.2) is 44.1 Å². The number of amides is 2. The zero-order valence-corrected chi connectivity index (χ0v) is 19.7. The van der Waals surface area contributed by atoms with Crippen LogP contribution < -0.4 is 19.3 Å². The molecule has 0 aliphatic carbocycles. The van der Waals surface area contributed by atoms with E-state index in [1.165, 1.54) is 19.1 Å². The van der Waals surface area contributed by atoms with E-state index in [1.54, 1.807) is 18.2 Å². The van der Waals surface area contributed by atoms with E-state index in [9.17, 15) is 9.59 Å². The lowest BCUT2D eigenvalue weighted by Gasteiger charge is -2.30. The lowest BCUT2D eigenvalue weighted by molar-refractivity contribution is -0.143. The smallest absolute Gasteiger partial charge is 0.262 e. The molecule has 2 aliphatic rings. The van der Waals surface area contributed by atoms with Crippen LogP contribution in [0.5, 0.6) is 17.2 Å². The van der Waals surface area contributed by atoms with Gasteiger partial charge in [0.15, 0.2) is 17.6 Å². The summed E-state index contributed by atoms with van der Waals surface area (Å²) in [6.45, 7) is 0.190. The number of likely N-dealkylation sites (tertiary alicyclic amines) is 1. The molecule has 3 atom stereocenters. The van der Waals surface area contributed by atoms with Crippen molar-refractivity contribution < 1.29 is 28.6 Å². The van der Waals surface area contributed by atoms with Gasteiger partial charge in [-0.05, 0) is 29.8 Å². The number of fused-ring (bicyclic) bond motifs is 1. The molecule has 0 spiro atoms. The molecule has 2 amide bonds. The van der Waals surface area contributed by atoms with Crippen LogP contribution in [0, 0.1) is 5.92 Å². The van der Waals surface area contributed by atoms with E-state index in [0.717, 1.165) is 11.3 Å². The summed E-state index contributed by atoms with van der Waals surface area (Å²) >= 11 is 0. The monoisotopic (exact) mass is 474 g/mol. The van der Waals surface area contributed by atoms with E-state index in [0.29, 0.717) is 22.8 Å². The van der Waals surface area contributed by atoms with Crippen molar-refractivity contribution in [2.45, 2.75) is 18.7 Å². The molecule has 180 valence electrons. The van der Waals surface area contributed by atoms with Gasteiger partial charge in [-0.25, -0.2) is 5.06 Å². The van der Waals surface area contributed by atoms with Crippen molar-refractivity contribution in [1.82, 2.24) is 4.90 Å². The van der Waals surface area contributed by atoms with Crippen LogP contribution in [0.15, 0.2) is 72.8 Å². The van der Waals surface area contributed by atoms with Gasteiger partial charge in [0.05, 0.1) is 33.6 Å². The second-order valence-electron chi connectivity index (χ2n) is 8.33. The molecule has 3 aromatic carbocycles. The van der Waals surface area contributed by atoms with Crippen molar-refractivity contribution in [3.05, 3.63) is 83.9 Å². The van der Waals surface area contributed by atoms with Crippen molar-refractivity contribution in [2.24, 2.45) is 5.92 Å². The fraction of sp³-hybridized carbons (Fsp3) is 0.259. The van der Waals surface area contributed by atoms with Crippen molar-refractivity contribution in [3.8, 4) is 17.2 Å². The third-order valence-corrected chi connectivity index (χ3v) is 6.45. The number of hydrogen-bond acceptors (Lipinski definition) is 7. The number of imide groups is 1. The number of carbonyl (C=O) groups excluding carboxylic acids is 2. The molecule has 3 aromatic rings. The number of ether oxygens (including phenoxy) is 3. The van der Waals surface area contributed by atoms with Gasteiger partial charge in [-0.3, -0.25) is 19.3 Å².